The Labute approximate surface area is 158 Å². The van der Waals surface area contributed by atoms with Gasteiger partial charge < -0.3 is 19.7 Å². The third-order valence-corrected chi connectivity index (χ3v) is 4.21. The van der Waals surface area contributed by atoms with E-state index in [9.17, 15) is 9.59 Å². The zero-order valence-corrected chi connectivity index (χ0v) is 15.3. The van der Waals surface area contributed by atoms with Crippen LogP contribution in [0.3, 0.4) is 0 Å². The van der Waals surface area contributed by atoms with Crippen molar-refractivity contribution >= 4 is 23.3 Å². The average molecular weight is 369 g/mol. The summed E-state index contributed by atoms with van der Waals surface area (Å²) in [5, 5.41) is 2.73. The molecule has 1 aliphatic heterocycles. The molecule has 3 rings (SSSR count). The van der Waals surface area contributed by atoms with E-state index in [1.165, 1.54) is 0 Å². The van der Waals surface area contributed by atoms with E-state index < -0.39 is 5.97 Å². The average Bonchev–Trinajstić information content (AvgIpc) is 2.69. The standard InChI is InChI=1S/C20H23N3O4/c1-15-2-3-16(13-21-15)12-20(25)27-14-19(24)22-17-4-6-18(7-5-17)23-8-10-26-11-9-23/h2-7,13H,8-12,14H2,1H3,(H,22,24). The van der Waals surface area contributed by atoms with Gasteiger partial charge in [-0.25, -0.2) is 0 Å². The zero-order chi connectivity index (χ0) is 19.1. The summed E-state index contributed by atoms with van der Waals surface area (Å²) in [6.45, 7) is 4.73. The summed E-state index contributed by atoms with van der Waals surface area (Å²) in [6, 6.07) is 11.2. The number of esters is 1. The van der Waals surface area contributed by atoms with E-state index in [1.807, 2.05) is 43.3 Å². The fourth-order valence-electron chi connectivity index (χ4n) is 2.74. The van der Waals surface area contributed by atoms with Gasteiger partial charge in [0.2, 0.25) is 0 Å². The second-order valence-electron chi connectivity index (χ2n) is 6.34. The van der Waals surface area contributed by atoms with Gasteiger partial charge in [-0.05, 0) is 42.8 Å². The molecule has 7 heteroatoms. The Kier molecular flexibility index (Phi) is 6.38. The van der Waals surface area contributed by atoms with Crippen LogP contribution in [0.1, 0.15) is 11.3 Å². The molecule has 0 spiro atoms. The van der Waals surface area contributed by atoms with Gasteiger partial charge in [-0.3, -0.25) is 14.6 Å². The number of aryl methyl sites for hydroxylation is 1. The molecule has 0 radical (unpaired) electrons. The number of nitrogens with zero attached hydrogens (tertiary/aromatic N) is 2. The van der Waals surface area contributed by atoms with Crippen molar-refractivity contribution in [3.05, 3.63) is 53.9 Å². The largest absolute Gasteiger partial charge is 0.455 e. The molecule has 0 aliphatic carbocycles. The lowest BCUT2D eigenvalue weighted by atomic mass is 10.2. The van der Waals surface area contributed by atoms with E-state index in [0.29, 0.717) is 5.69 Å². The molecule has 1 fully saturated rings. The van der Waals surface area contributed by atoms with Crippen LogP contribution in [-0.4, -0.2) is 49.8 Å². The van der Waals surface area contributed by atoms with Gasteiger partial charge >= 0.3 is 5.97 Å². The predicted molar refractivity (Wildman–Crippen MR) is 102 cm³/mol. The van der Waals surface area contributed by atoms with Crippen molar-refractivity contribution in [2.45, 2.75) is 13.3 Å². The van der Waals surface area contributed by atoms with Gasteiger partial charge in [-0.15, -0.1) is 0 Å². The monoisotopic (exact) mass is 369 g/mol. The fraction of sp³-hybridized carbons (Fsp3) is 0.350. The Morgan fingerprint density at radius 1 is 1.15 bits per heavy atom. The second kappa shape index (κ2) is 9.14. The van der Waals surface area contributed by atoms with Crippen LogP contribution in [0, 0.1) is 6.92 Å². The Balaban J connectivity index is 1.43. The lowest BCUT2D eigenvalue weighted by molar-refractivity contribution is -0.146. The van der Waals surface area contributed by atoms with E-state index in [1.54, 1.807) is 6.20 Å². The molecular formula is C20H23N3O4. The first-order chi connectivity index (χ1) is 13.1. The van der Waals surface area contributed by atoms with Gasteiger partial charge in [0, 0.05) is 36.4 Å². The van der Waals surface area contributed by atoms with Crippen LogP contribution in [0.2, 0.25) is 0 Å². The molecule has 0 unspecified atom stereocenters. The van der Waals surface area contributed by atoms with Crippen molar-refractivity contribution in [3.63, 3.8) is 0 Å². The number of nitrogens with one attached hydrogen (secondary N) is 1. The molecule has 1 aromatic heterocycles. The highest BCUT2D eigenvalue weighted by atomic mass is 16.5. The fourth-order valence-corrected chi connectivity index (χ4v) is 2.74. The molecule has 2 aromatic rings. The SMILES string of the molecule is Cc1ccc(CC(=O)OCC(=O)Nc2ccc(N3CCOCC3)cc2)cn1. The molecule has 1 aromatic carbocycles. The topological polar surface area (TPSA) is 80.8 Å². The van der Waals surface area contributed by atoms with Crippen molar-refractivity contribution in [1.29, 1.82) is 0 Å². The normalized spacial score (nSPS) is 13.9. The summed E-state index contributed by atoms with van der Waals surface area (Å²) in [6.07, 6.45) is 1.72. The Hall–Kier alpha value is -2.93. The third kappa shape index (κ3) is 5.79. The van der Waals surface area contributed by atoms with Gasteiger partial charge in [0.05, 0.1) is 19.6 Å². The maximum atomic E-state index is 12.0. The Morgan fingerprint density at radius 2 is 1.89 bits per heavy atom. The minimum atomic E-state index is -0.460. The molecule has 2 heterocycles. The maximum absolute atomic E-state index is 12.0. The molecule has 0 atom stereocenters. The van der Waals surface area contributed by atoms with Gasteiger partial charge in [-0.2, -0.15) is 0 Å². The summed E-state index contributed by atoms with van der Waals surface area (Å²) in [5.41, 5.74) is 3.39. The lowest BCUT2D eigenvalue weighted by Gasteiger charge is -2.28. The molecule has 1 amide bonds. The molecule has 0 bridgehead atoms. The maximum Gasteiger partial charge on any atom is 0.310 e. The summed E-state index contributed by atoms with van der Waals surface area (Å²) in [4.78, 5) is 30.2. The second-order valence-corrected chi connectivity index (χ2v) is 6.34. The van der Waals surface area contributed by atoms with Crippen LogP contribution in [0.25, 0.3) is 0 Å². The van der Waals surface area contributed by atoms with Gasteiger partial charge in [0.15, 0.2) is 6.61 Å². The number of carbonyl (C=O) groups is 2. The first kappa shape index (κ1) is 18.8. The van der Waals surface area contributed by atoms with Crippen molar-refractivity contribution < 1.29 is 19.1 Å². The molecule has 142 valence electrons. The quantitative estimate of drug-likeness (QED) is 0.784. The van der Waals surface area contributed by atoms with E-state index >= 15 is 0 Å². The smallest absolute Gasteiger partial charge is 0.310 e. The van der Waals surface area contributed by atoms with E-state index in [2.05, 4.69) is 15.2 Å². The summed E-state index contributed by atoms with van der Waals surface area (Å²) >= 11 is 0. The summed E-state index contributed by atoms with van der Waals surface area (Å²) < 4.78 is 10.4. The highest BCUT2D eigenvalue weighted by Crippen LogP contribution is 2.19. The van der Waals surface area contributed by atoms with Gasteiger partial charge in [-0.1, -0.05) is 6.07 Å². The minimum absolute atomic E-state index is 0.0921. The van der Waals surface area contributed by atoms with Crippen LogP contribution < -0.4 is 10.2 Å². The molecule has 7 nitrogen and oxygen atoms in total. The number of rotatable bonds is 6. The highest BCUT2D eigenvalue weighted by molar-refractivity contribution is 5.93. The Bertz CT molecular complexity index is 769. The summed E-state index contributed by atoms with van der Waals surface area (Å²) in [7, 11) is 0. The zero-order valence-electron chi connectivity index (χ0n) is 15.3. The third-order valence-electron chi connectivity index (χ3n) is 4.21. The van der Waals surface area contributed by atoms with Crippen LogP contribution in [0.5, 0.6) is 0 Å². The minimum Gasteiger partial charge on any atom is -0.455 e. The van der Waals surface area contributed by atoms with Crippen LogP contribution in [-0.2, 0) is 25.5 Å². The lowest BCUT2D eigenvalue weighted by Crippen LogP contribution is -2.36. The number of hydrogen-bond acceptors (Lipinski definition) is 6. The van der Waals surface area contributed by atoms with Crippen molar-refractivity contribution in [2.24, 2.45) is 0 Å². The van der Waals surface area contributed by atoms with E-state index in [4.69, 9.17) is 9.47 Å². The number of aromatic nitrogens is 1. The van der Waals surface area contributed by atoms with Crippen molar-refractivity contribution in [2.75, 3.05) is 43.1 Å². The molecule has 1 saturated heterocycles. The first-order valence-electron chi connectivity index (χ1n) is 8.90. The van der Waals surface area contributed by atoms with Gasteiger partial charge in [0.25, 0.3) is 5.91 Å². The predicted octanol–water partition coefficient (Wildman–Crippen LogP) is 1.95. The van der Waals surface area contributed by atoms with E-state index in [-0.39, 0.29) is 18.9 Å². The number of benzene rings is 1. The molecule has 0 saturated carbocycles. The Morgan fingerprint density at radius 3 is 2.56 bits per heavy atom. The van der Waals surface area contributed by atoms with Crippen molar-refractivity contribution in [1.82, 2.24) is 4.98 Å². The number of carbonyl (C=O) groups excluding carboxylic acids is 2. The molecular weight excluding hydrogens is 346 g/mol. The number of amides is 1. The van der Waals surface area contributed by atoms with E-state index in [0.717, 1.165) is 43.2 Å². The molecule has 1 aliphatic rings. The van der Waals surface area contributed by atoms with Crippen molar-refractivity contribution in [3.8, 4) is 0 Å². The number of hydrogen-bond donors (Lipinski definition) is 1. The number of morpholine rings is 1. The van der Waals surface area contributed by atoms with Crippen LogP contribution in [0.4, 0.5) is 11.4 Å². The van der Waals surface area contributed by atoms with Crippen LogP contribution in [0.15, 0.2) is 42.6 Å². The highest BCUT2D eigenvalue weighted by Gasteiger charge is 2.12. The van der Waals surface area contributed by atoms with Crippen LogP contribution >= 0.6 is 0 Å². The number of ether oxygens (including phenoxy) is 2. The molecule has 27 heavy (non-hydrogen) atoms. The summed E-state index contributed by atoms with van der Waals surface area (Å²) in [5.74, 6) is -0.831. The first-order valence-corrected chi connectivity index (χ1v) is 8.90. The van der Waals surface area contributed by atoms with Gasteiger partial charge in [0.1, 0.15) is 0 Å². The number of pyridine rings is 1. The number of anilines is 2. The molecule has 1 N–H and O–H groups in total.